The van der Waals surface area contributed by atoms with E-state index in [1.165, 1.54) is 0 Å². The number of aryl methyl sites for hydroxylation is 1. The first-order valence-electron chi connectivity index (χ1n) is 5.26. The number of hydrogen-bond donors (Lipinski definition) is 3. The molecule has 0 saturated heterocycles. The number of phenols is 2. The van der Waals surface area contributed by atoms with E-state index in [1.807, 2.05) is 13.0 Å². The van der Waals surface area contributed by atoms with Crippen LogP contribution in [0.25, 0.3) is 0 Å². The van der Waals surface area contributed by atoms with E-state index in [0.717, 1.165) is 11.3 Å². The van der Waals surface area contributed by atoms with Crippen molar-refractivity contribution in [3.8, 4) is 23.0 Å². The number of para-hydroxylation sites is 1. The number of aromatic hydroxyl groups is 2. The Morgan fingerprint density at radius 3 is 2.59 bits per heavy atom. The fraction of sp³-hybridized carbons (Fsp3) is 0.0769. The van der Waals surface area contributed by atoms with Crippen molar-refractivity contribution in [3.63, 3.8) is 0 Å². The molecular weight excluding hydrogens is 218 g/mol. The Morgan fingerprint density at radius 2 is 1.76 bits per heavy atom. The molecule has 4 heteroatoms. The molecule has 3 rings (SSSR count). The van der Waals surface area contributed by atoms with Crippen LogP contribution in [0.4, 0.5) is 11.4 Å². The summed E-state index contributed by atoms with van der Waals surface area (Å²) in [6, 6.07) is 8.45. The smallest absolute Gasteiger partial charge is 0.192 e. The van der Waals surface area contributed by atoms with Gasteiger partial charge in [-0.3, -0.25) is 0 Å². The summed E-state index contributed by atoms with van der Waals surface area (Å²) in [4.78, 5) is 0. The zero-order valence-corrected chi connectivity index (χ0v) is 9.19. The SMILES string of the molecule is Cc1ccc(O)c2c1Nc1cccc(O)c1O2. The first-order chi connectivity index (χ1) is 8.16. The van der Waals surface area contributed by atoms with Crippen LogP contribution in [0.1, 0.15) is 5.56 Å². The average Bonchev–Trinajstić information content (AvgIpc) is 2.33. The minimum absolute atomic E-state index is 0.0431. The lowest BCUT2D eigenvalue weighted by molar-refractivity contribution is 0.384. The third-order valence-electron chi connectivity index (χ3n) is 2.80. The number of fused-ring (bicyclic) bond motifs is 2. The van der Waals surface area contributed by atoms with Crippen LogP contribution in [0, 0.1) is 6.92 Å². The zero-order valence-electron chi connectivity index (χ0n) is 9.19. The van der Waals surface area contributed by atoms with Crippen molar-refractivity contribution >= 4 is 11.4 Å². The summed E-state index contributed by atoms with van der Waals surface area (Å²) in [6.45, 7) is 1.92. The number of nitrogens with one attached hydrogen (secondary N) is 1. The van der Waals surface area contributed by atoms with Gasteiger partial charge in [-0.15, -0.1) is 0 Å². The van der Waals surface area contributed by atoms with Crippen molar-refractivity contribution in [2.45, 2.75) is 6.92 Å². The van der Waals surface area contributed by atoms with E-state index >= 15 is 0 Å². The molecule has 0 aliphatic carbocycles. The second-order valence-corrected chi connectivity index (χ2v) is 3.99. The standard InChI is InChI=1S/C13H11NO3/c1-7-5-6-10(16)13-11(7)14-8-3-2-4-9(15)12(8)17-13/h2-6,14-16H,1H3. The monoisotopic (exact) mass is 229 g/mol. The number of ether oxygens (including phenoxy) is 1. The van der Waals surface area contributed by atoms with Crippen LogP contribution in [0.5, 0.6) is 23.0 Å². The lowest BCUT2D eigenvalue weighted by atomic mass is 10.1. The van der Waals surface area contributed by atoms with E-state index in [9.17, 15) is 10.2 Å². The highest BCUT2D eigenvalue weighted by Gasteiger charge is 2.23. The molecule has 0 atom stereocenters. The summed E-state index contributed by atoms with van der Waals surface area (Å²) in [5.41, 5.74) is 2.38. The molecule has 0 radical (unpaired) electrons. The third-order valence-corrected chi connectivity index (χ3v) is 2.80. The fourth-order valence-corrected chi connectivity index (χ4v) is 1.90. The first kappa shape index (κ1) is 9.84. The van der Waals surface area contributed by atoms with Crippen LogP contribution in [0.15, 0.2) is 30.3 Å². The van der Waals surface area contributed by atoms with Gasteiger partial charge in [0.25, 0.3) is 0 Å². The molecule has 0 bridgehead atoms. The minimum Gasteiger partial charge on any atom is -0.504 e. The number of rotatable bonds is 0. The Bertz CT molecular complexity index is 608. The van der Waals surface area contributed by atoms with Crippen LogP contribution < -0.4 is 10.1 Å². The Kier molecular flexibility index (Phi) is 1.92. The van der Waals surface area contributed by atoms with Gasteiger partial charge in [0.2, 0.25) is 0 Å². The highest BCUT2D eigenvalue weighted by atomic mass is 16.5. The quantitative estimate of drug-likeness (QED) is 0.553. The number of anilines is 2. The van der Waals surface area contributed by atoms with Gasteiger partial charge in [0.05, 0.1) is 11.4 Å². The Labute approximate surface area is 98.1 Å². The maximum Gasteiger partial charge on any atom is 0.192 e. The van der Waals surface area contributed by atoms with Crippen molar-refractivity contribution in [1.82, 2.24) is 0 Å². The van der Waals surface area contributed by atoms with E-state index in [4.69, 9.17) is 4.74 Å². The molecule has 4 nitrogen and oxygen atoms in total. The van der Waals surface area contributed by atoms with E-state index in [2.05, 4.69) is 5.32 Å². The lowest BCUT2D eigenvalue weighted by Gasteiger charge is -2.24. The van der Waals surface area contributed by atoms with Crippen LogP contribution in [0.3, 0.4) is 0 Å². The molecular formula is C13H11NO3. The highest BCUT2D eigenvalue weighted by molar-refractivity contribution is 5.81. The van der Waals surface area contributed by atoms with Crippen LogP contribution in [-0.4, -0.2) is 10.2 Å². The fourth-order valence-electron chi connectivity index (χ4n) is 1.90. The normalized spacial score (nSPS) is 12.1. The van der Waals surface area contributed by atoms with Crippen molar-refractivity contribution in [1.29, 1.82) is 0 Å². The number of phenolic OH excluding ortho intramolecular Hbond substituents is 2. The van der Waals surface area contributed by atoms with Gasteiger partial charge >= 0.3 is 0 Å². The lowest BCUT2D eigenvalue weighted by Crippen LogP contribution is -2.04. The van der Waals surface area contributed by atoms with E-state index in [-0.39, 0.29) is 11.5 Å². The Balaban J connectivity index is 2.21. The van der Waals surface area contributed by atoms with Gasteiger partial charge in [-0.25, -0.2) is 0 Å². The molecule has 1 aliphatic heterocycles. The molecule has 17 heavy (non-hydrogen) atoms. The molecule has 2 aromatic rings. The second-order valence-electron chi connectivity index (χ2n) is 3.99. The summed E-state index contributed by atoms with van der Waals surface area (Å²) >= 11 is 0. The van der Waals surface area contributed by atoms with Gasteiger partial charge in [-0.1, -0.05) is 12.1 Å². The summed E-state index contributed by atoms with van der Waals surface area (Å²) in [5, 5.41) is 22.6. The summed E-state index contributed by atoms with van der Waals surface area (Å²) in [7, 11) is 0. The Hall–Kier alpha value is -2.36. The molecule has 0 saturated carbocycles. The van der Waals surface area contributed by atoms with Crippen LogP contribution in [0.2, 0.25) is 0 Å². The number of benzene rings is 2. The molecule has 0 unspecified atom stereocenters. The van der Waals surface area contributed by atoms with Crippen LogP contribution >= 0.6 is 0 Å². The van der Waals surface area contributed by atoms with E-state index in [0.29, 0.717) is 17.2 Å². The maximum atomic E-state index is 9.75. The van der Waals surface area contributed by atoms with E-state index < -0.39 is 0 Å². The summed E-state index contributed by atoms with van der Waals surface area (Å²) in [6.07, 6.45) is 0. The van der Waals surface area contributed by atoms with Gasteiger partial charge in [0.15, 0.2) is 23.0 Å². The van der Waals surface area contributed by atoms with Crippen molar-refractivity contribution in [2.24, 2.45) is 0 Å². The predicted molar refractivity (Wildman–Crippen MR) is 64.3 cm³/mol. The molecule has 86 valence electrons. The average molecular weight is 229 g/mol. The topological polar surface area (TPSA) is 61.7 Å². The van der Waals surface area contributed by atoms with Crippen molar-refractivity contribution in [3.05, 3.63) is 35.9 Å². The number of hydrogen-bond acceptors (Lipinski definition) is 4. The molecule has 0 spiro atoms. The minimum atomic E-state index is 0.0431. The zero-order chi connectivity index (χ0) is 12.0. The Morgan fingerprint density at radius 1 is 1.00 bits per heavy atom. The molecule has 3 N–H and O–H groups in total. The largest absolute Gasteiger partial charge is 0.504 e. The predicted octanol–water partition coefficient (Wildman–Crippen LogP) is 3.26. The van der Waals surface area contributed by atoms with Crippen molar-refractivity contribution in [2.75, 3.05) is 5.32 Å². The van der Waals surface area contributed by atoms with Gasteiger partial charge in [0.1, 0.15) is 0 Å². The highest BCUT2D eigenvalue weighted by Crippen LogP contribution is 2.50. The van der Waals surface area contributed by atoms with Gasteiger partial charge in [-0.2, -0.15) is 0 Å². The molecule has 2 aromatic carbocycles. The maximum absolute atomic E-state index is 9.75. The van der Waals surface area contributed by atoms with Crippen LogP contribution in [-0.2, 0) is 0 Å². The van der Waals surface area contributed by atoms with Gasteiger partial charge in [-0.05, 0) is 30.7 Å². The van der Waals surface area contributed by atoms with Crippen molar-refractivity contribution < 1.29 is 14.9 Å². The molecule has 0 aromatic heterocycles. The first-order valence-corrected chi connectivity index (χ1v) is 5.26. The summed E-state index contributed by atoms with van der Waals surface area (Å²) < 4.78 is 5.56. The summed E-state index contributed by atoms with van der Waals surface area (Å²) in [5.74, 6) is 0.772. The molecule has 1 heterocycles. The second kappa shape index (κ2) is 3.31. The molecule has 0 amide bonds. The third kappa shape index (κ3) is 1.38. The molecule has 0 fully saturated rings. The molecule has 1 aliphatic rings. The van der Waals surface area contributed by atoms with Gasteiger partial charge < -0.3 is 20.3 Å². The van der Waals surface area contributed by atoms with Gasteiger partial charge in [0, 0.05) is 0 Å². The van der Waals surface area contributed by atoms with E-state index in [1.54, 1.807) is 24.3 Å².